The summed E-state index contributed by atoms with van der Waals surface area (Å²) in [5.41, 5.74) is 5.17. The lowest BCUT2D eigenvalue weighted by Gasteiger charge is -2.12. The third-order valence-electron chi connectivity index (χ3n) is 1.97. The summed E-state index contributed by atoms with van der Waals surface area (Å²) in [7, 11) is 0. The second kappa shape index (κ2) is 4.96. The predicted octanol–water partition coefficient (Wildman–Crippen LogP) is 2.08. The molecule has 0 aliphatic carbocycles. The lowest BCUT2D eigenvalue weighted by atomic mass is 10.2. The first kappa shape index (κ1) is 12.5. The molecular formula is C9H10Cl2N2OS. The zero-order valence-electron chi connectivity index (χ0n) is 8.04. The summed E-state index contributed by atoms with van der Waals surface area (Å²) < 4.78 is 1.41. The number of nitrogens with zero attached hydrogens (tertiary/aromatic N) is 1. The van der Waals surface area contributed by atoms with Crippen LogP contribution in [0.25, 0.3) is 0 Å². The average molecular weight is 265 g/mol. The van der Waals surface area contributed by atoms with Gasteiger partial charge in [-0.25, -0.2) is 0 Å². The third-order valence-corrected chi connectivity index (χ3v) is 2.85. The molecule has 0 spiro atoms. The number of hydrogen-bond donors (Lipinski definition) is 1. The second-order valence-electron chi connectivity index (χ2n) is 3.27. The van der Waals surface area contributed by atoms with Gasteiger partial charge in [-0.1, -0.05) is 42.3 Å². The molecule has 82 valence electrons. The molecular weight excluding hydrogens is 255 g/mol. The van der Waals surface area contributed by atoms with Crippen LogP contribution in [0.1, 0.15) is 6.92 Å². The van der Waals surface area contributed by atoms with Crippen LogP contribution < -0.4 is 11.3 Å². The molecule has 1 rings (SSSR count). The number of nitrogens with two attached hydrogens (primary N) is 1. The van der Waals surface area contributed by atoms with E-state index in [0.29, 0.717) is 16.6 Å². The lowest BCUT2D eigenvalue weighted by molar-refractivity contribution is 0.581. The van der Waals surface area contributed by atoms with E-state index < -0.39 is 0 Å². The van der Waals surface area contributed by atoms with Crippen molar-refractivity contribution in [1.82, 2.24) is 4.57 Å². The molecule has 3 nitrogen and oxygen atoms in total. The predicted molar refractivity (Wildman–Crippen MR) is 66.7 cm³/mol. The Morgan fingerprint density at radius 2 is 2.27 bits per heavy atom. The quantitative estimate of drug-likeness (QED) is 0.851. The van der Waals surface area contributed by atoms with Gasteiger partial charge in [-0.05, 0) is 6.07 Å². The van der Waals surface area contributed by atoms with Gasteiger partial charge in [-0.3, -0.25) is 4.79 Å². The van der Waals surface area contributed by atoms with Crippen LogP contribution in [0.2, 0.25) is 10.0 Å². The molecule has 0 bridgehead atoms. The van der Waals surface area contributed by atoms with Crippen molar-refractivity contribution in [3.05, 3.63) is 32.7 Å². The Kier molecular flexibility index (Phi) is 4.13. The van der Waals surface area contributed by atoms with Crippen molar-refractivity contribution < 1.29 is 0 Å². The Bertz CT molecular complexity index is 444. The number of aromatic nitrogens is 1. The Hall–Kier alpha value is -0.580. The summed E-state index contributed by atoms with van der Waals surface area (Å²) >= 11 is 16.3. The standard InChI is InChI=1S/C9H10Cl2N2OS/c1-5(8(12)15)3-13-4-6(10)2-7(11)9(13)14/h2,4-5H,3H2,1H3,(H2,12,15). The van der Waals surface area contributed by atoms with Gasteiger partial charge in [0.25, 0.3) is 5.56 Å². The maximum absolute atomic E-state index is 11.6. The van der Waals surface area contributed by atoms with Gasteiger partial charge in [-0.15, -0.1) is 0 Å². The second-order valence-corrected chi connectivity index (χ2v) is 4.58. The lowest BCUT2D eigenvalue weighted by Crippen LogP contribution is -2.28. The highest BCUT2D eigenvalue weighted by molar-refractivity contribution is 7.80. The van der Waals surface area contributed by atoms with Crippen molar-refractivity contribution in [2.45, 2.75) is 13.5 Å². The van der Waals surface area contributed by atoms with Gasteiger partial charge in [0.1, 0.15) is 5.02 Å². The van der Waals surface area contributed by atoms with Crippen molar-refractivity contribution >= 4 is 40.4 Å². The summed E-state index contributed by atoms with van der Waals surface area (Å²) in [6.45, 7) is 2.22. The molecule has 1 unspecified atom stereocenters. The molecule has 6 heteroatoms. The molecule has 0 saturated carbocycles. The van der Waals surface area contributed by atoms with E-state index in [4.69, 9.17) is 41.2 Å². The maximum atomic E-state index is 11.6. The Morgan fingerprint density at radius 1 is 1.67 bits per heavy atom. The monoisotopic (exact) mass is 264 g/mol. The number of pyridine rings is 1. The van der Waals surface area contributed by atoms with Crippen LogP contribution in [-0.2, 0) is 6.54 Å². The minimum Gasteiger partial charge on any atom is -0.393 e. The highest BCUT2D eigenvalue weighted by Crippen LogP contribution is 2.12. The maximum Gasteiger partial charge on any atom is 0.269 e. The molecule has 1 atom stereocenters. The van der Waals surface area contributed by atoms with Crippen molar-refractivity contribution in [2.75, 3.05) is 0 Å². The first-order chi connectivity index (χ1) is 6.91. The van der Waals surface area contributed by atoms with Gasteiger partial charge in [0.15, 0.2) is 0 Å². The SMILES string of the molecule is CC(Cn1cc(Cl)cc(Cl)c1=O)C(N)=S. The van der Waals surface area contributed by atoms with E-state index >= 15 is 0 Å². The van der Waals surface area contributed by atoms with Crippen LogP contribution in [0.3, 0.4) is 0 Å². The van der Waals surface area contributed by atoms with Crippen molar-refractivity contribution in [3.63, 3.8) is 0 Å². The summed E-state index contributed by atoms with van der Waals surface area (Å²) in [5.74, 6) is -0.0766. The van der Waals surface area contributed by atoms with Gasteiger partial charge < -0.3 is 10.3 Å². The van der Waals surface area contributed by atoms with E-state index in [2.05, 4.69) is 0 Å². The zero-order chi connectivity index (χ0) is 11.6. The van der Waals surface area contributed by atoms with E-state index in [0.717, 1.165) is 0 Å². The first-order valence-corrected chi connectivity index (χ1v) is 5.43. The van der Waals surface area contributed by atoms with E-state index in [1.165, 1.54) is 16.8 Å². The van der Waals surface area contributed by atoms with Gasteiger partial charge in [0, 0.05) is 18.7 Å². The molecule has 0 aromatic carbocycles. The molecule has 0 saturated heterocycles. The molecule has 0 amide bonds. The summed E-state index contributed by atoms with van der Waals surface area (Å²) in [6.07, 6.45) is 1.52. The largest absolute Gasteiger partial charge is 0.393 e. The van der Waals surface area contributed by atoms with Gasteiger partial charge in [0.05, 0.1) is 10.0 Å². The molecule has 15 heavy (non-hydrogen) atoms. The van der Waals surface area contributed by atoms with Crippen LogP contribution in [0, 0.1) is 5.92 Å². The van der Waals surface area contributed by atoms with Crippen LogP contribution >= 0.6 is 35.4 Å². The Morgan fingerprint density at radius 3 is 2.80 bits per heavy atom. The fraction of sp³-hybridized carbons (Fsp3) is 0.333. The number of halogens is 2. The zero-order valence-corrected chi connectivity index (χ0v) is 10.4. The smallest absolute Gasteiger partial charge is 0.269 e. The molecule has 1 heterocycles. The number of thiocarbonyl (C=S) groups is 1. The highest BCUT2D eigenvalue weighted by atomic mass is 35.5. The minimum absolute atomic E-state index is 0.0766. The van der Waals surface area contributed by atoms with E-state index in [1.54, 1.807) is 0 Å². The molecule has 0 aliphatic heterocycles. The van der Waals surface area contributed by atoms with E-state index in [-0.39, 0.29) is 16.5 Å². The van der Waals surface area contributed by atoms with Gasteiger partial charge in [0.2, 0.25) is 0 Å². The van der Waals surface area contributed by atoms with Crippen LogP contribution in [0.15, 0.2) is 17.1 Å². The van der Waals surface area contributed by atoms with Crippen molar-refractivity contribution in [1.29, 1.82) is 0 Å². The molecule has 2 N–H and O–H groups in total. The Labute approximate surface area is 103 Å². The first-order valence-electron chi connectivity index (χ1n) is 4.26. The number of hydrogen-bond acceptors (Lipinski definition) is 2. The summed E-state index contributed by atoms with van der Waals surface area (Å²) in [5, 5.41) is 0.507. The van der Waals surface area contributed by atoms with Crippen LogP contribution in [0.5, 0.6) is 0 Å². The fourth-order valence-electron chi connectivity index (χ4n) is 1.09. The fourth-order valence-corrected chi connectivity index (χ4v) is 1.67. The molecule has 0 aliphatic rings. The minimum atomic E-state index is -0.288. The van der Waals surface area contributed by atoms with Crippen molar-refractivity contribution in [3.8, 4) is 0 Å². The summed E-state index contributed by atoms with van der Waals surface area (Å²) in [4.78, 5) is 11.9. The summed E-state index contributed by atoms with van der Waals surface area (Å²) in [6, 6.07) is 1.41. The van der Waals surface area contributed by atoms with Crippen LogP contribution in [0.4, 0.5) is 0 Å². The average Bonchev–Trinajstić information content (AvgIpc) is 2.13. The molecule has 1 aromatic heterocycles. The van der Waals surface area contributed by atoms with Gasteiger partial charge in [-0.2, -0.15) is 0 Å². The Balaban J connectivity index is 3.05. The van der Waals surface area contributed by atoms with Crippen molar-refractivity contribution in [2.24, 2.45) is 11.7 Å². The molecule has 0 radical (unpaired) electrons. The third kappa shape index (κ3) is 3.19. The number of rotatable bonds is 3. The van der Waals surface area contributed by atoms with Gasteiger partial charge >= 0.3 is 0 Å². The molecule has 0 fully saturated rings. The van der Waals surface area contributed by atoms with E-state index in [9.17, 15) is 4.79 Å². The topological polar surface area (TPSA) is 48.0 Å². The van der Waals surface area contributed by atoms with E-state index in [1.807, 2.05) is 6.92 Å². The highest BCUT2D eigenvalue weighted by Gasteiger charge is 2.09. The molecule has 1 aromatic rings. The normalized spacial score (nSPS) is 12.5. The van der Waals surface area contributed by atoms with Crippen LogP contribution in [-0.4, -0.2) is 9.56 Å².